The monoisotopic (exact) mass is 236 g/mol. The Morgan fingerprint density at radius 1 is 1.65 bits per heavy atom. The van der Waals surface area contributed by atoms with E-state index in [1.54, 1.807) is 6.07 Å². The zero-order valence-corrected chi connectivity index (χ0v) is 9.40. The second kappa shape index (κ2) is 5.85. The highest BCUT2D eigenvalue weighted by atomic mass is 19.1. The summed E-state index contributed by atoms with van der Waals surface area (Å²) in [5.41, 5.74) is 0.333. The summed E-state index contributed by atoms with van der Waals surface area (Å²) >= 11 is 0. The van der Waals surface area contributed by atoms with E-state index in [0.29, 0.717) is 12.1 Å². The molecule has 2 N–H and O–H groups in total. The standard InChI is InChI=1S/C12H13FN2O2/c1-2-3-11(12(16)17)15-9-4-5-10(13)8(6-9)7-14/h4-6,11,15H,2-3H2,1H3,(H,16,17). The summed E-state index contributed by atoms with van der Waals surface area (Å²) in [5, 5.41) is 20.4. The van der Waals surface area contributed by atoms with E-state index >= 15 is 0 Å². The second-order valence-electron chi connectivity index (χ2n) is 3.63. The average Bonchev–Trinajstić information content (AvgIpc) is 2.30. The fourth-order valence-electron chi connectivity index (χ4n) is 1.45. The molecule has 1 aromatic carbocycles. The first-order chi connectivity index (χ1) is 8.08. The van der Waals surface area contributed by atoms with Crippen molar-refractivity contribution in [2.24, 2.45) is 0 Å². The molecule has 1 rings (SSSR count). The van der Waals surface area contributed by atoms with Crippen molar-refractivity contribution in [2.45, 2.75) is 25.8 Å². The van der Waals surface area contributed by atoms with E-state index in [-0.39, 0.29) is 5.56 Å². The lowest BCUT2D eigenvalue weighted by Crippen LogP contribution is -2.28. The lowest BCUT2D eigenvalue weighted by molar-refractivity contribution is -0.138. The summed E-state index contributed by atoms with van der Waals surface area (Å²) in [4.78, 5) is 10.9. The van der Waals surface area contributed by atoms with Crippen molar-refractivity contribution in [1.82, 2.24) is 0 Å². The number of carboxylic acids is 1. The Kier molecular flexibility index (Phi) is 4.46. The van der Waals surface area contributed by atoms with Crippen LogP contribution in [0.25, 0.3) is 0 Å². The van der Waals surface area contributed by atoms with Crippen LogP contribution in [0.5, 0.6) is 0 Å². The van der Waals surface area contributed by atoms with Gasteiger partial charge in [0.2, 0.25) is 0 Å². The van der Waals surface area contributed by atoms with E-state index in [1.165, 1.54) is 12.1 Å². The Morgan fingerprint density at radius 3 is 2.88 bits per heavy atom. The van der Waals surface area contributed by atoms with Gasteiger partial charge in [-0.05, 0) is 24.6 Å². The third kappa shape index (κ3) is 3.45. The molecule has 0 saturated carbocycles. The molecule has 0 saturated heterocycles. The Morgan fingerprint density at radius 2 is 2.35 bits per heavy atom. The molecule has 4 nitrogen and oxygen atoms in total. The van der Waals surface area contributed by atoms with Gasteiger partial charge in [0.15, 0.2) is 0 Å². The fourth-order valence-corrected chi connectivity index (χ4v) is 1.45. The van der Waals surface area contributed by atoms with Crippen molar-refractivity contribution in [3.63, 3.8) is 0 Å². The number of benzene rings is 1. The summed E-state index contributed by atoms with van der Waals surface area (Å²) < 4.78 is 13.0. The molecule has 0 fully saturated rings. The molecule has 5 heteroatoms. The van der Waals surface area contributed by atoms with Crippen molar-refractivity contribution >= 4 is 11.7 Å². The van der Waals surface area contributed by atoms with Crippen molar-refractivity contribution in [1.29, 1.82) is 5.26 Å². The van der Waals surface area contributed by atoms with Gasteiger partial charge >= 0.3 is 5.97 Å². The van der Waals surface area contributed by atoms with E-state index in [4.69, 9.17) is 10.4 Å². The molecule has 17 heavy (non-hydrogen) atoms. The van der Waals surface area contributed by atoms with Gasteiger partial charge in [-0.1, -0.05) is 13.3 Å². The minimum atomic E-state index is -0.963. The van der Waals surface area contributed by atoms with Crippen LogP contribution in [-0.4, -0.2) is 17.1 Å². The fraction of sp³-hybridized carbons (Fsp3) is 0.333. The van der Waals surface area contributed by atoms with Crippen molar-refractivity contribution in [3.8, 4) is 6.07 Å². The van der Waals surface area contributed by atoms with Crippen LogP contribution >= 0.6 is 0 Å². The molecule has 0 aliphatic carbocycles. The van der Waals surface area contributed by atoms with E-state index < -0.39 is 17.8 Å². The number of nitriles is 1. The van der Waals surface area contributed by atoms with Crippen molar-refractivity contribution < 1.29 is 14.3 Å². The van der Waals surface area contributed by atoms with Crippen LogP contribution in [0.3, 0.4) is 0 Å². The molecule has 0 radical (unpaired) electrons. The van der Waals surface area contributed by atoms with E-state index in [1.807, 2.05) is 6.92 Å². The molecule has 0 aromatic heterocycles. The Balaban J connectivity index is 2.87. The van der Waals surface area contributed by atoms with Crippen LogP contribution in [0.15, 0.2) is 18.2 Å². The van der Waals surface area contributed by atoms with Gasteiger partial charge in [-0.15, -0.1) is 0 Å². The molecule has 0 amide bonds. The molecule has 1 unspecified atom stereocenters. The molecule has 0 aliphatic rings. The maximum Gasteiger partial charge on any atom is 0.326 e. The molecule has 1 atom stereocenters. The molecule has 0 heterocycles. The lowest BCUT2D eigenvalue weighted by Gasteiger charge is -2.14. The zero-order chi connectivity index (χ0) is 12.8. The van der Waals surface area contributed by atoms with Crippen LogP contribution in [0.1, 0.15) is 25.3 Å². The third-order valence-corrected chi connectivity index (χ3v) is 2.30. The zero-order valence-electron chi connectivity index (χ0n) is 9.40. The Labute approximate surface area is 98.7 Å². The molecule has 0 aliphatic heterocycles. The normalized spacial score (nSPS) is 11.6. The first-order valence-corrected chi connectivity index (χ1v) is 5.27. The quantitative estimate of drug-likeness (QED) is 0.823. The topological polar surface area (TPSA) is 73.1 Å². The summed E-state index contributed by atoms with van der Waals surface area (Å²) in [6.07, 6.45) is 1.19. The Hall–Kier alpha value is -2.09. The number of carbonyl (C=O) groups is 1. The van der Waals surface area contributed by atoms with Gasteiger partial charge in [0, 0.05) is 5.69 Å². The van der Waals surface area contributed by atoms with Gasteiger partial charge in [-0.2, -0.15) is 5.26 Å². The van der Waals surface area contributed by atoms with Crippen molar-refractivity contribution in [2.75, 3.05) is 5.32 Å². The maximum absolute atomic E-state index is 13.0. The highest BCUT2D eigenvalue weighted by Crippen LogP contribution is 2.16. The summed E-state index contributed by atoms with van der Waals surface area (Å²) in [5.74, 6) is -1.57. The SMILES string of the molecule is CCCC(Nc1ccc(F)c(C#N)c1)C(=O)O. The number of rotatable bonds is 5. The number of anilines is 1. The largest absolute Gasteiger partial charge is 0.480 e. The molecular weight excluding hydrogens is 223 g/mol. The number of hydrogen-bond acceptors (Lipinski definition) is 3. The maximum atomic E-state index is 13.0. The molecular formula is C12H13FN2O2. The molecule has 1 aromatic rings. The number of hydrogen-bond donors (Lipinski definition) is 2. The number of nitrogens with one attached hydrogen (secondary N) is 1. The van der Waals surface area contributed by atoms with Crippen LogP contribution in [0, 0.1) is 17.1 Å². The predicted octanol–water partition coefficient (Wildman–Crippen LogP) is 2.36. The Bertz CT molecular complexity index is 454. The first kappa shape index (κ1) is 13.0. The van der Waals surface area contributed by atoms with Crippen LogP contribution in [0.4, 0.5) is 10.1 Å². The highest BCUT2D eigenvalue weighted by molar-refractivity contribution is 5.77. The summed E-state index contributed by atoms with van der Waals surface area (Å²) in [6, 6.07) is 4.85. The molecule has 90 valence electrons. The second-order valence-corrected chi connectivity index (χ2v) is 3.63. The molecule has 0 bridgehead atoms. The minimum Gasteiger partial charge on any atom is -0.480 e. The lowest BCUT2D eigenvalue weighted by atomic mass is 10.1. The smallest absolute Gasteiger partial charge is 0.326 e. The van der Waals surface area contributed by atoms with Gasteiger partial charge < -0.3 is 10.4 Å². The van der Waals surface area contributed by atoms with Gasteiger partial charge in [0.1, 0.15) is 17.9 Å². The number of halogens is 1. The predicted molar refractivity (Wildman–Crippen MR) is 61.1 cm³/mol. The third-order valence-electron chi connectivity index (χ3n) is 2.30. The van der Waals surface area contributed by atoms with E-state index in [0.717, 1.165) is 12.5 Å². The average molecular weight is 236 g/mol. The summed E-state index contributed by atoms with van der Waals surface area (Å²) in [6.45, 7) is 1.88. The number of carboxylic acid groups (broad SMARTS) is 1. The summed E-state index contributed by atoms with van der Waals surface area (Å²) in [7, 11) is 0. The van der Waals surface area contributed by atoms with E-state index in [2.05, 4.69) is 5.32 Å². The van der Waals surface area contributed by atoms with Gasteiger partial charge in [-0.25, -0.2) is 9.18 Å². The van der Waals surface area contributed by atoms with Crippen molar-refractivity contribution in [3.05, 3.63) is 29.6 Å². The number of nitrogens with zero attached hydrogens (tertiary/aromatic N) is 1. The first-order valence-electron chi connectivity index (χ1n) is 5.27. The number of aliphatic carboxylic acids is 1. The van der Waals surface area contributed by atoms with Gasteiger partial charge in [0.05, 0.1) is 5.56 Å². The van der Waals surface area contributed by atoms with Gasteiger partial charge in [-0.3, -0.25) is 0 Å². The van der Waals surface area contributed by atoms with Crippen LogP contribution < -0.4 is 5.32 Å². The molecule has 0 spiro atoms. The van der Waals surface area contributed by atoms with E-state index in [9.17, 15) is 9.18 Å². The minimum absolute atomic E-state index is 0.101. The highest BCUT2D eigenvalue weighted by Gasteiger charge is 2.16. The van der Waals surface area contributed by atoms with Gasteiger partial charge in [0.25, 0.3) is 0 Å². The van der Waals surface area contributed by atoms with Crippen LogP contribution in [0.2, 0.25) is 0 Å². The van der Waals surface area contributed by atoms with Crippen LogP contribution in [-0.2, 0) is 4.79 Å².